The average Bonchev–Trinajstić information content (AvgIpc) is 2.87. The molecule has 8 heteroatoms. The van der Waals surface area contributed by atoms with Gasteiger partial charge < -0.3 is 20.1 Å². The lowest BCUT2D eigenvalue weighted by atomic mass is 10.2. The summed E-state index contributed by atoms with van der Waals surface area (Å²) in [5.41, 5.74) is 2.06. The quantitative estimate of drug-likeness (QED) is 0.814. The molecular weight excluding hydrogens is 320 g/mol. The van der Waals surface area contributed by atoms with Crippen molar-refractivity contribution in [1.82, 2.24) is 30.4 Å². The first-order valence-electron chi connectivity index (χ1n) is 8.70. The van der Waals surface area contributed by atoms with Gasteiger partial charge in [-0.25, -0.2) is 4.98 Å². The van der Waals surface area contributed by atoms with Gasteiger partial charge in [0, 0.05) is 39.4 Å². The summed E-state index contributed by atoms with van der Waals surface area (Å²) in [5.74, 6) is 1.55. The van der Waals surface area contributed by atoms with Gasteiger partial charge in [-0.3, -0.25) is 9.67 Å². The fraction of sp³-hybridized carbons (Fsp3) is 0.588. The molecule has 4 rings (SSSR count). The van der Waals surface area contributed by atoms with Crippen LogP contribution in [-0.2, 0) is 13.5 Å². The Kier molecular flexibility index (Phi) is 5.83. The fourth-order valence-electron chi connectivity index (χ4n) is 2.25. The lowest BCUT2D eigenvalue weighted by molar-refractivity contribution is 0.135. The lowest BCUT2D eigenvalue weighted by Crippen LogP contribution is -2.50. The van der Waals surface area contributed by atoms with Gasteiger partial charge >= 0.3 is 0 Å². The summed E-state index contributed by atoms with van der Waals surface area (Å²) in [7, 11) is 1.92. The number of aryl methyl sites for hydroxylation is 2. The molecule has 0 aromatic carbocycles. The Balaban J connectivity index is 0.000000146. The highest BCUT2D eigenvalue weighted by molar-refractivity contribution is 5.23. The number of aromatic nitrogens is 4. The SMILES string of the molecule is CCc1cncc(OC2CNC2)n1.Cc1c(OC2CNC2)cnn1C. The number of nitrogens with one attached hydrogen (secondary N) is 2. The summed E-state index contributed by atoms with van der Waals surface area (Å²) in [5, 5.41) is 10.4. The minimum Gasteiger partial charge on any atom is -0.484 e. The third-order valence-corrected chi connectivity index (χ3v) is 4.28. The van der Waals surface area contributed by atoms with Crippen LogP contribution in [0.3, 0.4) is 0 Å². The van der Waals surface area contributed by atoms with Crippen molar-refractivity contribution in [2.75, 3.05) is 26.2 Å². The molecule has 136 valence electrons. The standard InChI is InChI=1S/C9H13N3O.C8H13N3O/c1-2-7-3-10-6-9(12-7)13-8-4-11-5-8;1-6-8(5-10-11(6)2)12-7-3-9-4-7/h3,6,8,11H,2,4-5H2,1H3;5,7,9H,3-4H2,1-2H3. The van der Waals surface area contributed by atoms with Crippen molar-refractivity contribution in [3.8, 4) is 11.6 Å². The minimum atomic E-state index is 0.279. The zero-order valence-corrected chi connectivity index (χ0v) is 15.0. The topological polar surface area (TPSA) is 86.1 Å². The predicted octanol–water partition coefficient (Wildman–Crippen LogP) is 0.469. The Bertz CT molecular complexity index is 682. The first-order chi connectivity index (χ1) is 12.2. The van der Waals surface area contributed by atoms with E-state index in [0.717, 1.165) is 49.7 Å². The number of hydrogen-bond acceptors (Lipinski definition) is 7. The smallest absolute Gasteiger partial charge is 0.232 e. The summed E-state index contributed by atoms with van der Waals surface area (Å²) >= 11 is 0. The molecule has 2 aliphatic heterocycles. The molecule has 0 spiro atoms. The van der Waals surface area contributed by atoms with Crippen LogP contribution in [0.5, 0.6) is 11.6 Å². The Hall–Kier alpha value is -2.19. The van der Waals surface area contributed by atoms with E-state index in [9.17, 15) is 0 Å². The van der Waals surface area contributed by atoms with E-state index in [-0.39, 0.29) is 6.10 Å². The van der Waals surface area contributed by atoms with Crippen LogP contribution < -0.4 is 20.1 Å². The molecule has 0 aliphatic carbocycles. The first kappa shape index (κ1) is 17.6. The van der Waals surface area contributed by atoms with Gasteiger partial charge in [-0.2, -0.15) is 5.10 Å². The molecule has 8 nitrogen and oxygen atoms in total. The highest BCUT2D eigenvalue weighted by Crippen LogP contribution is 2.17. The van der Waals surface area contributed by atoms with Gasteiger partial charge in [0.05, 0.1) is 23.8 Å². The van der Waals surface area contributed by atoms with Gasteiger partial charge in [-0.05, 0) is 13.3 Å². The van der Waals surface area contributed by atoms with Gasteiger partial charge in [0.2, 0.25) is 5.88 Å². The molecule has 0 radical (unpaired) electrons. The molecule has 0 atom stereocenters. The molecule has 2 N–H and O–H groups in total. The van der Waals surface area contributed by atoms with Crippen molar-refractivity contribution in [3.63, 3.8) is 0 Å². The largest absolute Gasteiger partial charge is 0.484 e. The molecule has 25 heavy (non-hydrogen) atoms. The molecule has 2 aromatic rings. The van der Waals surface area contributed by atoms with Crippen LogP contribution in [0, 0.1) is 6.92 Å². The van der Waals surface area contributed by atoms with Crippen LogP contribution in [0.25, 0.3) is 0 Å². The van der Waals surface area contributed by atoms with Crippen LogP contribution in [0.2, 0.25) is 0 Å². The maximum atomic E-state index is 5.66. The van der Waals surface area contributed by atoms with Gasteiger partial charge in [0.25, 0.3) is 0 Å². The van der Waals surface area contributed by atoms with Gasteiger partial charge in [-0.1, -0.05) is 6.92 Å². The highest BCUT2D eigenvalue weighted by Gasteiger charge is 2.20. The Labute approximate surface area is 148 Å². The van der Waals surface area contributed by atoms with E-state index >= 15 is 0 Å². The van der Waals surface area contributed by atoms with Crippen molar-refractivity contribution in [2.45, 2.75) is 32.5 Å². The monoisotopic (exact) mass is 346 g/mol. The summed E-state index contributed by atoms with van der Waals surface area (Å²) in [4.78, 5) is 8.36. The summed E-state index contributed by atoms with van der Waals surface area (Å²) in [6.45, 7) is 7.80. The number of ether oxygens (including phenoxy) is 2. The van der Waals surface area contributed by atoms with E-state index in [0.29, 0.717) is 12.0 Å². The average molecular weight is 346 g/mol. The maximum Gasteiger partial charge on any atom is 0.232 e. The van der Waals surface area contributed by atoms with E-state index in [2.05, 4.69) is 32.6 Å². The minimum absolute atomic E-state index is 0.279. The number of hydrogen-bond donors (Lipinski definition) is 2. The van der Waals surface area contributed by atoms with Gasteiger partial charge in [-0.15, -0.1) is 0 Å². The highest BCUT2D eigenvalue weighted by atomic mass is 16.5. The number of nitrogens with zero attached hydrogens (tertiary/aromatic N) is 4. The molecular formula is C17H26N6O2. The number of rotatable bonds is 5. The van der Waals surface area contributed by atoms with Crippen molar-refractivity contribution in [2.24, 2.45) is 7.05 Å². The predicted molar refractivity (Wildman–Crippen MR) is 93.9 cm³/mol. The van der Waals surface area contributed by atoms with E-state index in [4.69, 9.17) is 9.47 Å². The fourth-order valence-corrected chi connectivity index (χ4v) is 2.25. The van der Waals surface area contributed by atoms with Crippen LogP contribution in [-0.4, -0.2) is 58.1 Å². The lowest BCUT2D eigenvalue weighted by Gasteiger charge is -2.27. The van der Waals surface area contributed by atoms with Crippen molar-refractivity contribution < 1.29 is 9.47 Å². The molecule has 2 saturated heterocycles. The molecule has 0 saturated carbocycles. The van der Waals surface area contributed by atoms with Crippen molar-refractivity contribution in [3.05, 3.63) is 30.0 Å². The van der Waals surface area contributed by atoms with E-state index < -0.39 is 0 Å². The van der Waals surface area contributed by atoms with Crippen LogP contribution in [0.4, 0.5) is 0 Å². The molecule has 2 aromatic heterocycles. The second-order valence-electron chi connectivity index (χ2n) is 6.22. The van der Waals surface area contributed by atoms with E-state index in [1.165, 1.54) is 0 Å². The second-order valence-corrected chi connectivity index (χ2v) is 6.22. The van der Waals surface area contributed by atoms with E-state index in [1.54, 1.807) is 18.6 Å². The van der Waals surface area contributed by atoms with Gasteiger partial charge in [0.15, 0.2) is 5.75 Å². The molecule has 4 heterocycles. The second kappa shape index (κ2) is 8.26. The summed E-state index contributed by atoms with van der Waals surface area (Å²) in [6, 6.07) is 0. The zero-order chi connectivity index (χ0) is 17.6. The summed E-state index contributed by atoms with van der Waals surface area (Å²) < 4.78 is 13.0. The molecule has 0 amide bonds. The normalized spacial score (nSPS) is 17.1. The van der Waals surface area contributed by atoms with Gasteiger partial charge in [0.1, 0.15) is 12.2 Å². The molecule has 0 unspecified atom stereocenters. The molecule has 0 bridgehead atoms. The molecule has 2 aliphatic rings. The van der Waals surface area contributed by atoms with Crippen LogP contribution >= 0.6 is 0 Å². The van der Waals surface area contributed by atoms with E-state index in [1.807, 2.05) is 18.7 Å². The Morgan fingerprint density at radius 1 is 1.08 bits per heavy atom. The van der Waals surface area contributed by atoms with Crippen LogP contribution in [0.15, 0.2) is 18.6 Å². The molecule has 2 fully saturated rings. The first-order valence-corrected chi connectivity index (χ1v) is 8.70. The van der Waals surface area contributed by atoms with Crippen LogP contribution in [0.1, 0.15) is 18.3 Å². The zero-order valence-electron chi connectivity index (χ0n) is 15.0. The summed E-state index contributed by atoms with van der Waals surface area (Å²) in [6.07, 6.45) is 6.72. The third-order valence-electron chi connectivity index (χ3n) is 4.28. The Morgan fingerprint density at radius 3 is 2.28 bits per heavy atom. The Morgan fingerprint density at radius 2 is 1.76 bits per heavy atom. The maximum absolute atomic E-state index is 5.66. The van der Waals surface area contributed by atoms with Crippen molar-refractivity contribution >= 4 is 0 Å². The third kappa shape index (κ3) is 4.67. The van der Waals surface area contributed by atoms with Crippen molar-refractivity contribution in [1.29, 1.82) is 0 Å².